The van der Waals surface area contributed by atoms with Gasteiger partial charge in [-0.2, -0.15) is 0 Å². The van der Waals surface area contributed by atoms with Gasteiger partial charge in [-0.15, -0.1) is 0 Å². The molecule has 1 aromatic heterocycles. The second kappa shape index (κ2) is 6.91. The molecule has 0 saturated carbocycles. The first-order chi connectivity index (χ1) is 10.7. The van der Waals surface area contributed by atoms with Gasteiger partial charge < -0.3 is 10.1 Å². The van der Waals surface area contributed by atoms with Crippen LogP contribution >= 0.6 is 11.6 Å². The van der Waals surface area contributed by atoms with E-state index >= 15 is 0 Å². The van der Waals surface area contributed by atoms with E-state index in [-0.39, 0.29) is 11.7 Å². The van der Waals surface area contributed by atoms with Gasteiger partial charge in [-0.1, -0.05) is 17.7 Å². The van der Waals surface area contributed by atoms with Crippen molar-refractivity contribution in [1.29, 1.82) is 0 Å². The summed E-state index contributed by atoms with van der Waals surface area (Å²) in [5, 5.41) is 2.89. The van der Waals surface area contributed by atoms with E-state index in [0.29, 0.717) is 16.8 Å². The van der Waals surface area contributed by atoms with Crippen LogP contribution in [0.15, 0.2) is 30.6 Å². The fourth-order valence-corrected chi connectivity index (χ4v) is 2.05. The highest BCUT2D eigenvalue weighted by Crippen LogP contribution is 2.24. The number of nitrogens with zero attached hydrogens (tertiary/aromatic N) is 2. The molecule has 0 saturated heterocycles. The smallest absolute Gasteiger partial charge is 0.407 e. The Balaban J connectivity index is 2.21. The molecule has 122 valence electrons. The van der Waals surface area contributed by atoms with Crippen LogP contribution in [0.1, 0.15) is 26.3 Å². The highest BCUT2D eigenvalue weighted by atomic mass is 35.5. The number of alkyl carbamates (subject to hydrolysis) is 1. The first-order valence-corrected chi connectivity index (χ1v) is 7.35. The third kappa shape index (κ3) is 5.17. The lowest BCUT2D eigenvalue weighted by Gasteiger charge is -2.20. The van der Waals surface area contributed by atoms with Gasteiger partial charge in [0.05, 0.1) is 5.69 Å². The van der Waals surface area contributed by atoms with Crippen molar-refractivity contribution < 1.29 is 13.9 Å². The van der Waals surface area contributed by atoms with E-state index < -0.39 is 17.5 Å². The first-order valence-electron chi connectivity index (χ1n) is 6.98. The lowest BCUT2D eigenvalue weighted by atomic mass is 10.0. The van der Waals surface area contributed by atoms with Crippen molar-refractivity contribution in [3.63, 3.8) is 0 Å². The van der Waals surface area contributed by atoms with E-state index in [2.05, 4.69) is 15.3 Å². The number of hydrogen-bond acceptors (Lipinski definition) is 4. The summed E-state index contributed by atoms with van der Waals surface area (Å²) in [6.45, 7) is 5.50. The van der Waals surface area contributed by atoms with Crippen LogP contribution in [0.3, 0.4) is 0 Å². The normalized spacial score (nSPS) is 11.2. The minimum atomic E-state index is -0.587. The van der Waals surface area contributed by atoms with Crippen molar-refractivity contribution in [1.82, 2.24) is 15.3 Å². The van der Waals surface area contributed by atoms with E-state index in [9.17, 15) is 9.18 Å². The Labute approximate surface area is 138 Å². The summed E-state index contributed by atoms with van der Waals surface area (Å²) in [7, 11) is 0. The summed E-state index contributed by atoms with van der Waals surface area (Å²) >= 11 is 5.85. The summed E-state index contributed by atoms with van der Waals surface area (Å²) in [6, 6.07) is 5.77. The first kappa shape index (κ1) is 17.1. The Morgan fingerprint density at radius 2 is 2.04 bits per heavy atom. The minimum absolute atomic E-state index is 0.173. The summed E-state index contributed by atoms with van der Waals surface area (Å²) in [4.78, 5) is 19.6. The standard InChI is InChI=1S/C16H17ClFN3O2/c1-16(2,3)23-15(22)19-8-10-4-5-11(18)6-12(10)13-7-14(17)21-9-20-13/h4-7,9H,8H2,1-3H3,(H,19,22). The maximum Gasteiger partial charge on any atom is 0.407 e. The van der Waals surface area contributed by atoms with Crippen molar-refractivity contribution in [2.45, 2.75) is 32.9 Å². The molecule has 0 aliphatic rings. The Bertz CT molecular complexity index is 717. The number of ether oxygens (including phenoxy) is 1. The number of rotatable bonds is 3. The molecule has 1 amide bonds. The van der Waals surface area contributed by atoms with Gasteiger partial charge in [-0.05, 0) is 38.5 Å². The predicted octanol–water partition coefficient (Wildman–Crippen LogP) is 3.96. The summed E-state index contributed by atoms with van der Waals surface area (Å²) in [5.74, 6) is -0.407. The van der Waals surface area contributed by atoms with Crippen molar-refractivity contribution in [2.24, 2.45) is 0 Å². The van der Waals surface area contributed by atoms with Gasteiger partial charge in [0.25, 0.3) is 0 Å². The van der Waals surface area contributed by atoms with Crippen LogP contribution in [0.25, 0.3) is 11.3 Å². The Morgan fingerprint density at radius 1 is 1.30 bits per heavy atom. The zero-order chi connectivity index (χ0) is 17.0. The third-order valence-electron chi connectivity index (χ3n) is 2.80. The molecule has 23 heavy (non-hydrogen) atoms. The van der Waals surface area contributed by atoms with Crippen LogP contribution in [-0.2, 0) is 11.3 Å². The largest absolute Gasteiger partial charge is 0.444 e. The molecule has 2 rings (SSSR count). The number of amides is 1. The molecule has 0 atom stereocenters. The van der Waals surface area contributed by atoms with Gasteiger partial charge in [0.2, 0.25) is 0 Å². The highest BCUT2D eigenvalue weighted by Gasteiger charge is 2.16. The molecular weight excluding hydrogens is 321 g/mol. The molecular formula is C16H17ClFN3O2. The van der Waals surface area contributed by atoms with E-state index in [0.717, 1.165) is 0 Å². The predicted molar refractivity (Wildman–Crippen MR) is 85.5 cm³/mol. The van der Waals surface area contributed by atoms with E-state index in [1.54, 1.807) is 26.8 Å². The molecule has 1 aromatic carbocycles. The summed E-state index contributed by atoms with van der Waals surface area (Å²) in [5.41, 5.74) is 1.11. The van der Waals surface area contributed by atoms with E-state index in [1.807, 2.05) is 0 Å². The van der Waals surface area contributed by atoms with E-state index in [4.69, 9.17) is 16.3 Å². The molecule has 0 fully saturated rings. The zero-order valence-electron chi connectivity index (χ0n) is 13.1. The SMILES string of the molecule is CC(C)(C)OC(=O)NCc1ccc(F)cc1-c1cc(Cl)ncn1. The maximum atomic E-state index is 13.6. The second-order valence-electron chi connectivity index (χ2n) is 5.88. The second-order valence-corrected chi connectivity index (χ2v) is 6.27. The Morgan fingerprint density at radius 3 is 2.70 bits per heavy atom. The molecule has 5 nitrogen and oxygen atoms in total. The van der Waals surface area contributed by atoms with E-state index in [1.165, 1.54) is 24.5 Å². The van der Waals surface area contributed by atoms with Crippen LogP contribution < -0.4 is 5.32 Å². The van der Waals surface area contributed by atoms with Gasteiger partial charge in [0, 0.05) is 18.2 Å². The average Bonchev–Trinajstić information content (AvgIpc) is 2.44. The van der Waals surface area contributed by atoms with Crippen LogP contribution in [0, 0.1) is 5.82 Å². The topological polar surface area (TPSA) is 64.1 Å². The lowest BCUT2D eigenvalue weighted by molar-refractivity contribution is 0.0523. The van der Waals surface area contributed by atoms with Crippen LogP contribution in [0.5, 0.6) is 0 Å². The molecule has 0 aliphatic heterocycles. The molecule has 7 heteroatoms. The third-order valence-corrected chi connectivity index (χ3v) is 3.01. The van der Waals surface area contributed by atoms with Gasteiger partial charge in [-0.3, -0.25) is 0 Å². The number of halogens is 2. The van der Waals surface area contributed by atoms with Gasteiger partial charge in [0.1, 0.15) is 22.9 Å². The Hall–Kier alpha value is -2.21. The number of benzene rings is 1. The minimum Gasteiger partial charge on any atom is -0.444 e. The summed E-state index contributed by atoms with van der Waals surface area (Å²) < 4.78 is 18.7. The van der Waals surface area contributed by atoms with Crippen molar-refractivity contribution >= 4 is 17.7 Å². The van der Waals surface area contributed by atoms with Crippen LogP contribution in [-0.4, -0.2) is 21.7 Å². The maximum absolute atomic E-state index is 13.6. The van der Waals surface area contributed by atoms with Crippen molar-refractivity contribution in [3.05, 3.63) is 47.1 Å². The van der Waals surface area contributed by atoms with Crippen molar-refractivity contribution in [2.75, 3.05) is 0 Å². The highest BCUT2D eigenvalue weighted by molar-refractivity contribution is 6.29. The number of hydrogen-bond donors (Lipinski definition) is 1. The molecule has 0 radical (unpaired) electrons. The lowest BCUT2D eigenvalue weighted by Crippen LogP contribution is -2.32. The average molecular weight is 338 g/mol. The fraction of sp³-hybridized carbons (Fsp3) is 0.312. The number of carbonyl (C=O) groups excluding carboxylic acids is 1. The number of carbonyl (C=O) groups is 1. The van der Waals surface area contributed by atoms with Crippen molar-refractivity contribution in [3.8, 4) is 11.3 Å². The molecule has 1 N–H and O–H groups in total. The van der Waals surface area contributed by atoms with Crippen LogP contribution in [0.2, 0.25) is 5.15 Å². The van der Waals surface area contributed by atoms with Crippen LogP contribution in [0.4, 0.5) is 9.18 Å². The monoisotopic (exact) mass is 337 g/mol. The molecule has 1 heterocycles. The fourth-order valence-electron chi connectivity index (χ4n) is 1.90. The molecule has 0 aliphatic carbocycles. The zero-order valence-corrected chi connectivity index (χ0v) is 13.8. The van der Waals surface area contributed by atoms with Gasteiger partial charge in [-0.25, -0.2) is 19.2 Å². The molecule has 0 bridgehead atoms. The molecule has 0 unspecified atom stereocenters. The Kier molecular flexibility index (Phi) is 5.15. The molecule has 2 aromatic rings. The number of aromatic nitrogens is 2. The quantitative estimate of drug-likeness (QED) is 0.861. The molecule has 0 spiro atoms. The van der Waals surface area contributed by atoms with Gasteiger partial charge in [0.15, 0.2) is 0 Å². The summed E-state index contributed by atoms with van der Waals surface area (Å²) in [6.07, 6.45) is 0.752. The number of nitrogens with one attached hydrogen (secondary N) is 1. The van der Waals surface area contributed by atoms with Gasteiger partial charge >= 0.3 is 6.09 Å².